The largest absolute Gasteiger partial charge is 0.393 e. The highest BCUT2D eigenvalue weighted by Crippen LogP contribution is 2.36. The summed E-state index contributed by atoms with van der Waals surface area (Å²) in [6.07, 6.45) is 1.46. The molecule has 1 amide bonds. The quantitative estimate of drug-likeness (QED) is 0.619. The number of hydrogen-bond acceptors (Lipinski definition) is 5. The Bertz CT molecular complexity index is 721. The monoisotopic (exact) mass is 332 g/mol. The Balaban J connectivity index is 1.59. The van der Waals surface area contributed by atoms with Crippen molar-refractivity contribution in [2.24, 2.45) is 5.73 Å². The fourth-order valence-corrected chi connectivity index (χ4v) is 3.85. The van der Waals surface area contributed by atoms with Crippen LogP contribution in [0, 0.1) is 5.82 Å². The average molecular weight is 332 g/mol. The molecule has 0 radical (unpaired) electrons. The van der Waals surface area contributed by atoms with Gasteiger partial charge in [0.2, 0.25) is 5.91 Å². The van der Waals surface area contributed by atoms with Crippen LogP contribution in [0.25, 0.3) is 0 Å². The first kappa shape index (κ1) is 15.4. The van der Waals surface area contributed by atoms with Gasteiger partial charge in [0.25, 0.3) is 0 Å². The second-order valence-corrected chi connectivity index (χ2v) is 6.66. The lowest BCUT2D eigenvalue weighted by atomic mass is 9.89. The molecule has 1 aliphatic carbocycles. The molecule has 0 spiro atoms. The first-order valence-electron chi connectivity index (χ1n) is 8.33. The van der Waals surface area contributed by atoms with Crippen molar-refractivity contribution in [3.8, 4) is 0 Å². The highest BCUT2D eigenvalue weighted by molar-refractivity contribution is 5.87. The lowest BCUT2D eigenvalue weighted by molar-refractivity contribution is -0.136. The van der Waals surface area contributed by atoms with Gasteiger partial charge in [0.1, 0.15) is 12.0 Å². The van der Waals surface area contributed by atoms with Crippen LogP contribution >= 0.6 is 0 Å². The van der Waals surface area contributed by atoms with Crippen LogP contribution in [-0.4, -0.2) is 34.8 Å². The first-order chi connectivity index (χ1) is 11.5. The van der Waals surface area contributed by atoms with Gasteiger partial charge >= 0.3 is 0 Å². The molecular formula is C17H21FN4O2. The minimum absolute atomic E-state index is 0.153. The van der Waals surface area contributed by atoms with Gasteiger partial charge in [-0.2, -0.15) is 0 Å². The topological polar surface area (TPSA) is 90.6 Å². The van der Waals surface area contributed by atoms with Gasteiger partial charge in [-0.3, -0.25) is 10.2 Å². The number of rotatable bonds is 1. The van der Waals surface area contributed by atoms with Gasteiger partial charge < -0.3 is 16.2 Å². The Labute approximate surface area is 139 Å². The smallest absolute Gasteiger partial charge is 0.250 e. The van der Waals surface area contributed by atoms with Gasteiger partial charge in [0, 0.05) is 17.9 Å². The molecule has 0 saturated carbocycles. The van der Waals surface area contributed by atoms with Gasteiger partial charge in [0.05, 0.1) is 12.0 Å². The van der Waals surface area contributed by atoms with E-state index < -0.39 is 18.2 Å². The summed E-state index contributed by atoms with van der Waals surface area (Å²) < 4.78 is 13.6. The van der Waals surface area contributed by atoms with E-state index in [2.05, 4.69) is 10.7 Å². The molecule has 2 aliphatic heterocycles. The van der Waals surface area contributed by atoms with Gasteiger partial charge in [-0.05, 0) is 55.0 Å². The highest BCUT2D eigenvalue weighted by atomic mass is 19.1. The van der Waals surface area contributed by atoms with E-state index in [1.165, 1.54) is 17.1 Å². The maximum atomic E-state index is 13.6. The molecule has 1 aromatic rings. The number of halogens is 1. The maximum absolute atomic E-state index is 13.6. The van der Waals surface area contributed by atoms with E-state index in [9.17, 15) is 14.3 Å². The molecule has 5 N–H and O–H groups in total. The zero-order chi connectivity index (χ0) is 16.8. The summed E-state index contributed by atoms with van der Waals surface area (Å²) >= 11 is 0. The number of hydrazine groups is 1. The van der Waals surface area contributed by atoms with Crippen molar-refractivity contribution in [3.05, 3.63) is 40.8 Å². The van der Waals surface area contributed by atoms with Crippen molar-refractivity contribution < 1.29 is 14.3 Å². The molecule has 0 bridgehead atoms. The third-order valence-electron chi connectivity index (χ3n) is 5.13. The number of fused-ring (bicyclic) bond motifs is 1. The summed E-state index contributed by atoms with van der Waals surface area (Å²) in [4.78, 5) is 13.1. The lowest BCUT2D eigenvalue weighted by Gasteiger charge is -2.31. The average Bonchev–Trinajstić information content (AvgIpc) is 2.90. The molecule has 0 fully saturated rings. The van der Waals surface area contributed by atoms with Crippen LogP contribution in [0.5, 0.6) is 0 Å². The Morgan fingerprint density at radius 2 is 2.21 bits per heavy atom. The number of nitrogens with zero attached hydrogens (tertiary/aromatic N) is 1. The van der Waals surface area contributed by atoms with E-state index in [1.54, 1.807) is 6.07 Å². The highest BCUT2D eigenvalue weighted by Gasteiger charge is 2.40. The Morgan fingerprint density at radius 3 is 3.04 bits per heavy atom. The number of aliphatic hydroxyl groups is 1. The summed E-state index contributed by atoms with van der Waals surface area (Å²) in [5.41, 5.74) is 12.7. The van der Waals surface area contributed by atoms with Crippen LogP contribution < -0.4 is 16.5 Å². The maximum Gasteiger partial charge on any atom is 0.250 e. The Kier molecular flexibility index (Phi) is 3.69. The van der Waals surface area contributed by atoms with Crippen LogP contribution in [0.2, 0.25) is 0 Å². The number of allylic oxidation sites excluding steroid dienone is 1. The van der Waals surface area contributed by atoms with Gasteiger partial charge in [0.15, 0.2) is 0 Å². The summed E-state index contributed by atoms with van der Waals surface area (Å²) in [7, 11) is 0. The second kappa shape index (κ2) is 5.75. The number of anilines is 1. The van der Waals surface area contributed by atoms with E-state index >= 15 is 0 Å². The molecule has 3 aliphatic rings. The molecule has 24 heavy (non-hydrogen) atoms. The number of hydrogen-bond donors (Lipinski definition) is 4. The lowest BCUT2D eigenvalue weighted by Crippen LogP contribution is -2.51. The first-order valence-corrected chi connectivity index (χ1v) is 8.33. The van der Waals surface area contributed by atoms with Crippen LogP contribution in [0.3, 0.4) is 0 Å². The molecule has 0 aromatic heterocycles. The molecule has 1 aromatic carbocycles. The number of carbonyl (C=O) groups excluding carboxylic acids is 1. The van der Waals surface area contributed by atoms with E-state index in [4.69, 9.17) is 5.73 Å². The molecule has 4 rings (SSSR count). The van der Waals surface area contributed by atoms with Gasteiger partial charge in [-0.1, -0.05) is 0 Å². The predicted octanol–water partition coefficient (Wildman–Crippen LogP) is 1.16. The zero-order valence-corrected chi connectivity index (χ0v) is 13.3. The molecule has 128 valence electrons. The second-order valence-electron chi connectivity index (χ2n) is 6.66. The fourth-order valence-electron chi connectivity index (χ4n) is 3.85. The number of nitrogens with two attached hydrogens (primary N) is 1. The number of carbonyl (C=O) groups is 1. The summed E-state index contributed by atoms with van der Waals surface area (Å²) in [5, 5.41) is 14.5. The van der Waals surface area contributed by atoms with Gasteiger partial charge in [-0.25, -0.2) is 9.40 Å². The fraction of sp³-hybridized carbons (Fsp3) is 0.471. The van der Waals surface area contributed by atoms with Gasteiger partial charge in [-0.15, -0.1) is 0 Å². The molecule has 1 unspecified atom stereocenters. The zero-order valence-electron chi connectivity index (χ0n) is 13.3. The van der Waals surface area contributed by atoms with Crippen molar-refractivity contribution in [2.75, 3.05) is 11.9 Å². The SMILES string of the molecule is NC1C2=C(CC[C@H](O)C2)NN1C(=O)[C@@H]1CCNc2ccc(F)cc21. The normalized spacial score (nSPS) is 28.8. The van der Waals surface area contributed by atoms with E-state index in [0.717, 1.165) is 17.0 Å². The molecule has 0 saturated heterocycles. The Morgan fingerprint density at radius 1 is 1.38 bits per heavy atom. The standard InChI is InChI=1S/C17H21FN4O2/c18-9-1-3-14-12(7-9)11(5-6-20-14)17(24)22-16(19)13-8-10(23)2-4-15(13)21-22/h1,3,7,10-11,16,20-21,23H,2,4-6,8,19H2/t10-,11+,16?/m0/s1. The van der Waals surface area contributed by atoms with E-state index in [0.29, 0.717) is 37.8 Å². The molecule has 3 atom stereocenters. The summed E-state index contributed by atoms with van der Waals surface area (Å²) in [6, 6.07) is 4.48. The van der Waals surface area contributed by atoms with Crippen LogP contribution in [-0.2, 0) is 4.79 Å². The van der Waals surface area contributed by atoms with Crippen molar-refractivity contribution in [3.63, 3.8) is 0 Å². The summed E-state index contributed by atoms with van der Waals surface area (Å²) in [5.74, 6) is -0.934. The van der Waals surface area contributed by atoms with Crippen molar-refractivity contribution in [1.82, 2.24) is 10.4 Å². The summed E-state index contributed by atoms with van der Waals surface area (Å²) in [6.45, 7) is 0.657. The minimum atomic E-state index is -0.575. The van der Waals surface area contributed by atoms with Crippen molar-refractivity contribution in [2.45, 2.75) is 43.9 Å². The molecule has 6 nitrogen and oxygen atoms in total. The van der Waals surface area contributed by atoms with E-state index in [-0.39, 0.29) is 11.7 Å². The number of benzene rings is 1. The third-order valence-corrected chi connectivity index (χ3v) is 5.13. The van der Waals surface area contributed by atoms with Crippen LogP contribution in [0.4, 0.5) is 10.1 Å². The number of aliphatic hydroxyl groups excluding tert-OH is 1. The predicted molar refractivity (Wildman–Crippen MR) is 87.1 cm³/mol. The van der Waals surface area contributed by atoms with Crippen LogP contribution in [0.1, 0.15) is 37.2 Å². The van der Waals surface area contributed by atoms with Crippen LogP contribution in [0.15, 0.2) is 29.5 Å². The van der Waals surface area contributed by atoms with Crippen molar-refractivity contribution in [1.29, 1.82) is 0 Å². The molecular weight excluding hydrogens is 311 g/mol. The Hall–Kier alpha value is -2.12. The molecule has 2 heterocycles. The number of nitrogens with one attached hydrogen (secondary N) is 2. The molecule has 7 heteroatoms. The number of amides is 1. The third kappa shape index (κ3) is 2.44. The van der Waals surface area contributed by atoms with Crippen molar-refractivity contribution >= 4 is 11.6 Å². The minimum Gasteiger partial charge on any atom is -0.393 e. The van der Waals surface area contributed by atoms with E-state index in [1.807, 2.05) is 0 Å².